The molecule has 0 bridgehead atoms. The maximum absolute atomic E-state index is 13.0. The van der Waals surface area contributed by atoms with E-state index in [4.69, 9.17) is 32.7 Å². The molecular weight excluding hydrogens is 445 g/mol. The van der Waals surface area contributed by atoms with Crippen molar-refractivity contribution in [1.29, 1.82) is 0 Å². The molecule has 3 aromatic rings. The van der Waals surface area contributed by atoms with Gasteiger partial charge in [-0.1, -0.05) is 50.9 Å². The molecule has 0 radical (unpaired) electrons. The largest absolute Gasteiger partial charge is 0.461 e. The summed E-state index contributed by atoms with van der Waals surface area (Å²) in [7, 11) is 1.57. The highest BCUT2D eigenvalue weighted by Gasteiger charge is 2.25. The van der Waals surface area contributed by atoms with E-state index in [9.17, 15) is 9.59 Å². The predicted octanol–water partition coefficient (Wildman–Crippen LogP) is 3.44. The van der Waals surface area contributed by atoms with Crippen LogP contribution in [0.25, 0.3) is 16.7 Å². The summed E-state index contributed by atoms with van der Waals surface area (Å²) < 4.78 is 11.9. The monoisotopic (exact) mass is 467 g/mol. The number of nitrogens with zero attached hydrogens (tertiary/aromatic N) is 4. The van der Waals surface area contributed by atoms with Gasteiger partial charge in [0.1, 0.15) is 11.8 Å². The fraction of sp³-hybridized carbons (Fsp3) is 0.450. The number of fused-ring (bicyclic) bond motifs is 1. The lowest BCUT2D eigenvalue weighted by molar-refractivity contribution is 0.140. The Kier molecular flexibility index (Phi) is 6.98. The van der Waals surface area contributed by atoms with Crippen molar-refractivity contribution in [1.82, 2.24) is 24.5 Å². The predicted molar refractivity (Wildman–Crippen MR) is 119 cm³/mol. The van der Waals surface area contributed by atoms with Crippen molar-refractivity contribution in [2.75, 3.05) is 20.3 Å². The number of hydrogen-bond donors (Lipinski definition) is 1. The van der Waals surface area contributed by atoms with Gasteiger partial charge in [-0.25, -0.2) is 14.3 Å². The molecule has 0 saturated carbocycles. The van der Waals surface area contributed by atoms with Crippen molar-refractivity contribution in [2.45, 2.75) is 39.5 Å². The molecule has 9 nitrogen and oxygen atoms in total. The van der Waals surface area contributed by atoms with Crippen LogP contribution in [0.4, 0.5) is 0 Å². The lowest BCUT2D eigenvalue weighted by Crippen LogP contribution is -2.32. The molecule has 0 saturated heterocycles. The van der Waals surface area contributed by atoms with Gasteiger partial charge in [0, 0.05) is 7.11 Å². The molecular formula is C20H23Cl2N5O4. The molecule has 11 heteroatoms. The number of aromatic nitrogens is 5. The Labute approximate surface area is 188 Å². The Morgan fingerprint density at radius 1 is 1.03 bits per heavy atom. The molecule has 1 N–H and O–H groups in total. The van der Waals surface area contributed by atoms with Crippen LogP contribution < -0.4 is 16.0 Å². The minimum atomic E-state index is -0.677. The summed E-state index contributed by atoms with van der Waals surface area (Å²) >= 11 is 12.2. The number of hydrogen-bond acceptors (Lipinski definition) is 7. The maximum Gasteiger partial charge on any atom is 0.334 e. The zero-order valence-electron chi connectivity index (χ0n) is 17.8. The highest BCUT2D eigenvalue weighted by molar-refractivity contribution is 6.41. The van der Waals surface area contributed by atoms with Crippen LogP contribution in [0.3, 0.4) is 0 Å². The van der Waals surface area contributed by atoms with Gasteiger partial charge in [-0.2, -0.15) is 9.97 Å². The van der Waals surface area contributed by atoms with E-state index in [1.807, 2.05) is 27.7 Å². The topological polar surface area (TPSA) is 112 Å². The third-order valence-corrected chi connectivity index (χ3v) is 5.22. The van der Waals surface area contributed by atoms with E-state index in [1.165, 1.54) is 10.6 Å². The number of ether oxygens (including phenoxy) is 2. The average molecular weight is 468 g/mol. The molecule has 3 rings (SSSR count). The van der Waals surface area contributed by atoms with Crippen LogP contribution in [-0.2, 0) is 4.74 Å². The number of pyridine rings is 1. The molecule has 0 aliphatic carbocycles. The number of nitrogens with one attached hydrogen (secondary N) is 1. The first kappa shape index (κ1) is 23.2. The Hall–Kier alpha value is -2.49. The maximum atomic E-state index is 13.0. The third-order valence-electron chi connectivity index (χ3n) is 4.55. The van der Waals surface area contributed by atoms with Gasteiger partial charge in [0.25, 0.3) is 5.56 Å². The fourth-order valence-corrected chi connectivity index (χ4v) is 3.39. The first-order valence-electron chi connectivity index (χ1n) is 9.70. The first-order valence-corrected chi connectivity index (χ1v) is 10.5. The SMILES string of the molecule is COCCOc1nc(C(C)C)c(-n2c(=O)[nH]c(=O)c3cc(Cl)c(Cl)nc32)c(C(C)C)n1. The van der Waals surface area contributed by atoms with Crippen LogP contribution in [-0.4, -0.2) is 44.8 Å². The number of methoxy groups -OCH3 is 1. The molecule has 0 atom stereocenters. The fourth-order valence-electron chi connectivity index (χ4n) is 3.10. The Morgan fingerprint density at radius 2 is 1.65 bits per heavy atom. The van der Waals surface area contributed by atoms with Crippen LogP contribution >= 0.6 is 23.2 Å². The molecule has 0 fully saturated rings. The first-order chi connectivity index (χ1) is 14.6. The van der Waals surface area contributed by atoms with Crippen molar-refractivity contribution >= 4 is 34.2 Å². The zero-order chi connectivity index (χ0) is 22.9. The standard InChI is InChI=1S/C20H23Cl2N5O4/c1-9(2)13-15(14(10(3)4)24-19(23-13)31-7-6-30-5)27-17-11(18(28)26-20(27)29)8-12(21)16(22)25-17/h8-10H,6-7H2,1-5H3,(H,26,28,29). The van der Waals surface area contributed by atoms with E-state index in [1.54, 1.807) is 7.11 Å². The van der Waals surface area contributed by atoms with Crippen molar-refractivity contribution in [3.8, 4) is 11.7 Å². The summed E-state index contributed by atoms with van der Waals surface area (Å²) in [6.45, 7) is 8.40. The minimum Gasteiger partial charge on any atom is -0.461 e. The van der Waals surface area contributed by atoms with Gasteiger partial charge in [-0.3, -0.25) is 9.78 Å². The van der Waals surface area contributed by atoms with Crippen LogP contribution in [0.15, 0.2) is 15.7 Å². The van der Waals surface area contributed by atoms with Crippen molar-refractivity contribution < 1.29 is 9.47 Å². The van der Waals surface area contributed by atoms with E-state index in [0.29, 0.717) is 23.7 Å². The Balaban J connectivity index is 2.42. The average Bonchev–Trinajstić information content (AvgIpc) is 2.70. The van der Waals surface area contributed by atoms with Gasteiger partial charge in [0.05, 0.1) is 34.1 Å². The van der Waals surface area contributed by atoms with E-state index in [-0.39, 0.29) is 45.7 Å². The normalized spacial score (nSPS) is 11.6. The number of halogens is 2. The highest BCUT2D eigenvalue weighted by atomic mass is 35.5. The second-order valence-electron chi connectivity index (χ2n) is 7.50. The summed E-state index contributed by atoms with van der Waals surface area (Å²) in [6.07, 6.45) is 0. The molecule has 0 spiro atoms. The molecule has 3 aromatic heterocycles. The number of aromatic amines is 1. The lowest BCUT2D eigenvalue weighted by Gasteiger charge is -2.21. The van der Waals surface area contributed by atoms with E-state index in [2.05, 4.69) is 19.9 Å². The molecule has 166 valence electrons. The van der Waals surface area contributed by atoms with Crippen LogP contribution in [0.2, 0.25) is 10.2 Å². The molecule has 0 unspecified atom stereocenters. The van der Waals surface area contributed by atoms with Gasteiger partial charge < -0.3 is 9.47 Å². The Bertz CT molecular complexity index is 1210. The van der Waals surface area contributed by atoms with Gasteiger partial charge in [-0.05, 0) is 17.9 Å². The molecule has 0 aliphatic heterocycles. The number of rotatable bonds is 7. The van der Waals surface area contributed by atoms with Crippen LogP contribution in [0.5, 0.6) is 6.01 Å². The second-order valence-corrected chi connectivity index (χ2v) is 8.27. The zero-order valence-corrected chi connectivity index (χ0v) is 19.3. The number of H-pyrrole nitrogens is 1. The van der Waals surface area contributed by atoms with Crippen LogP contribution in [0.1, 0.15) is 50.9 Å². The van der Waals surface area contributed by atoms with Crippen molar-refractivity contribution in [3.05, 3.63) is 48.5 Å². The summed E-state index contributed by atoms with van der Waals surface area (Å²) in [5, 5.41) is 0.209. The van der Waals surface area contributed by atoms with E-state index >= 15 is 0 Å². The second kappa shape index (κ2) is 9.33. The summed E-state index contributed by atoms with van der Waals surface area (Å²) in [5.74, 6) is -0.200. The molecule has 0 amide bonds. The minimum absolute atomic E-state index is 0.0226. The van der Waals surface area contributed by atoms with E-state index in [0.717, 1.165) is 0 Å². The highest BCUT2D eigenvalue weighted by Crippen LogP contribution is 2.31. The smallest absolute Gasteiger partial charge is 0.334 e. The third kappa shape index (κ3) is 4.58. The van der Waals surface area contributed by atoms with Crippen LogP contribution in [0, 0.1) is 0 Å². The van der Waals surface area contributed by atoms with E-state index < -0.39 is 11.2 Å². The van der Waals surface area contributed by atoms with Gasteiger partial charge in [0.2, 0.25) is 0 Å². The van der Waals surface area contributed by atoms with Gasteiger partial charge in [-0.15, -0.1) is 0 Å². The van der Waals surface area contributed by atoms with Gasteiger partial charge >= 0.3 is 11.7 Å². The summed E-state index contributed by atoms with van der Waals surface area (Å²) in [6, 6.07) is 1.57. The van der Waals surface area contributed by atoms with Crippen molar-refractivity contribution in [2.24, 2.45) is 0 Å². The Morgan fingerprint density at radius 3 is 2.19 bits per heavy atom. The van der Waals surface area contributed by atoms with Gasteiger partial charge in [0.15, 0.2) is 5.65 Å². The molecule has 0 aromatic carbocycles. The summed E-state index contributed by atoms with van der Waals surface area (Å²) in [5.41, 5.74) is 0.345. The molecule has 0 aliphatic rings. The molecule has 3 heterocycles. The quantitative estimate of drug-likeness (QED) is 0.418. The van der Waals surface area contributed by atoms with Crippen molar-refractivity contribution in [3.63, 3.8) is 0 Å². The summed E-state index contributed by atoms with van der Waals surface area (Å²) in [4.78, 5) is 41.0. The molecule has 31 heavy (non-hydrogen) atoms. The lowest BCUT2D eigenvalue weighted by atomic mass is 10.0.